The zero-order valence-corrected chi connectivity index (χ0v) is 11.9. The Morgan fingerprint density at radius 2 is 2.25 bits per heavy atom. The number of nitrogens with zero attached hydrogens (tertiary/aromatic N) is 4. The van der Waals surface area contributed by atoms with Gasteiger partial charge in [-0.15, -0.1) is 5.10 Å². The topological polar surface area (TPSA) is 84.7 Å². The molecule has 7 nitrogen and oxygen atoms in total. The molecule has 0 atom stereocenters. The Labute approximate surface area is 121 Å². The summed E-state index contributed by atoms with van der Waals surface area (Å²) in [5, 5.41) is 17.2. The maximum absolute atomic E-state index is 11.8. The molecule has 2 N–H and O–H groups in total. The van der Waals surface area contributed by atoms with Crippen LogP contribution >= 0.6 is 11.6 Å². The number of nitrogens with one attached hydrogen (secondary N) is 2. The summed E-state index contributed by atoms with van der Waals surface area (Å²) in [5.74, 6) is -0.158. The molecule has 2 aromatic rings. The van der Waals surface area contributed by atoms with E-state index < -0.39 is 0 Å². The number of carbonyl (C=O) groups is 1. The van der Waals surface area contributed by atoms with Gasteiger partial charge >= 0.3 is 0 Å². The Hall–Kier alpha value is -1.99. The number of carbonyl (C=O) groups excluding carboxylic acids is 1. The van der Waals surface area contributed by atoms with Crippen molar-refractivity contribution in [2.24, 2.45) is 0 Å². The lowest BCUT2D eigenvalue weighted by molar-refractivity contribution is -0.115. The number of halogens is 1. The molecular weight excluding hydrogens is 280 g/mol. The monoisotopic (exact) mass is 294 g/mol. The summed E-state index contributed by atoms with van der Waals surface area (Å²) in [6, 6.07) is 5.40. The number of hydrogen-bond acceptors (Lipinski definition) is 5. The minimum atomic E-state index is -0.158. The quantitative estimate of drug-likeness (QED) is 0.867. The van der Waals surface area contributed by atoms with Crippen LogP contribution in [0.25, 0.3) is 5.69 Å². The van der Waals surface area contributed by atoms with E-state index in [-0.39, 0.29) is 18.5 Å². The van der Waals surface area contributed by atoms with Gasteiger partial charge in [-0.3, -0.25) is 4.79 Å². The summed E-state index contributed by atoms with van der Waals surface area (Å²) in [4.78, 5) is 11.8. The van der Waals surface area contributed by atoms with Crippen molar-refractivity contribution < 1.29 is 4.79 Å². The lowest BCUT2D eigenvalue weighted by Crippen LogP contribution is -2.32. The molecule has 1 heterocycles. The van der Waals surface area contributed by atoms with Crippen LogP contribution in [-0.4, -0.2) is 38.7 Å². The average Bonchev–Trinajstić information content (AvgIpc) is 2.93. The molecule has 0 spiro atoms. The van der Waals surface area contributed by atoms with E-state index in [1.165, 1.54) is 11.0 Å². The Morgan fingerprint density at radius 3 is 2.90 bits per heavy atom. The van der Waals surface area contributed by atoms with Crippen LogP contribution in [0.3, 0.4) is 0 Å². The minimum Gasteiger partial charge on any atom is -0.324 e. The second-order valence-electron chi connectivity index (χ2n) is 4.50. The Balaban J connectivity index is 2.11. The predicted octanol–water partition coefficient (Wildman–Crippen LogP) is 1.25. The summed E-state index contributed by atoms with van der Waals surface area (Å²) in [6.07, 6.45) is 1.47. The van der Waals surface area contributed by atoms with Crippen molar-refractivity contribution in [3.8, 4) is 5.69 Å². The zero-order valence-electron chi connectivity index (χ0n) is 11.2. The molecular formula is C12H15ClN6O. The highest BCUT2D eigenvalue weighted by Crippen LogP contribution is 2.24. The lowest BCUT2D eigenvalue weighted by atomic mass is 10.2. The van der Waals surface area contributed by atoms with Crippen molar-refractivity contribution in [3.05, 3.63) is 29.5 Å². The molecule has 1 aromatic heterocycles. The van der Waals surface area contributed by atoms with E-state index in [4.69, 9.17) is 11.6 Å². The number of benzene rings is 1. The number of anilines is 1. The van der Waals surface area contributed by atoms with Crippen LogP contribution in [0.1, 0.15) is 13.8 Å². The molecule has 1 amide bonds. The highest BCUT2D eigenvalue weighted by atomic mass is 35.5. The van der Waals surface area contributed by atoms with Crippen LogP contribution in [0.5, 0.6) is 0 Å². The van der Waals surface area contributed by atoms with Crippen LogP contribution in [0.15, 0.2) is 24.5 Å². The first-order chi connectivity index (χ1) is 9.56. The van der Waals surface area contributed by atoms with Gasteiger partial charge < -0.3 is 10.6 Å². The summed E-state index contributed by atoms with van der Waals surface area (Å²) >= 11 is 6.07. The van der Waals surface area contributed by atoms with Crippen LogP contribution in [0, 0.1) is 0 Å². The smallest absolute Gasteiger partial charge is 0.238 e. The molecule has 0 aliphatic rings. The van der Waals surface area contributed by atoms with E-state index in [0.29, 0.717) is 16.4 Å². The van der Waals surface area contributed by atoms with E-state index in [0.717, 1.165) is 0 Å². The zero-order chi connectivity index (χ0) is 14.5. The lowest BCUT2D eigenvalue weighted by Gasteiger charge is -2.11. The number of tetrazole rings is 1. The Morgan fingerprint density at radius 1 is 1.45 bits per heavy atom. The van der Waals surface area contributed by atoms with Crippen molar-refractivity contribution in [3.63, 3.8) is 0 Å². The van der Waals surface area contributed by atoms with Crippen molar-refractivity contribution >= 4 is 23.2 Å². The highest BCUT2D eigenvalue weighted by Gasteiger charge is 2.08. The molecule has 0 bridgehead atoms. The van der Waals surface area contributed by atoms with E-state index in [1.807, 2.05) is 13.8 Å². The van der Waals surface area contributed by atoms with Gasteiger partial charge in [0.1, 0.15) is 6.33 Å². The third kappa shape index (κ3) is 3.75. The van der Waals surface area contributed by atoms with Gasteiger partial charge in [0, 0.05) is 6.04 Å². The van der Waals surface area contributed by atoms with E-state index >= 15 is 0 Å². The summed E-state index contributed by atoms with van der Waals surface area (Å²) in [6.45, 7) is 4.17. The second kappa shape index (κ2) is 6.44. The van der Waals surface area contributed by atoms with Crippen molar-refractivity contribution in [1.82, 2.24) is 25.5 Å². The fourth-order valence-corrected chi connectivity index (χ4v) is 1.69. The van der Waals surface area contributed by atoms with Gasteiger partial charge in [0.2, 0.25) is 5.91 Å². The Bertz CT molecular complexity index is 584. The molecule has 0 fully saturated rings. The van der Waals surface area contributed by atoms with Crippen LogP contribution in [0.2, 0.25) is 5.02 Å². The van der Waals surface area contributed by atoms with Crippen molar-refractivity contribution in [2.75, 3.05) is 11.9 Å². The molecule has 20 heavy (non-hydrogen) atoms. The van der Waals surface area contributed by atoms with Gasteiger partial charge in [-0.25, -0.2) is 4.68 Å². The summed E-state index contributed by atoms with van der Waals surface area (Å²) < 4.78 is 1.48. The molecule has 2 rings (SSSR count). The van der Waals surface area contributed by atoms with Crippen molar-refractivity contribution in [1.29, 1.82) is 0 Å². The second-order valence-corrected chi connectivity index (χ2v) is 4.91. The Kier molecular flexibility index (Phi) is 4.65. The largest absolute Gasteiger partial charge is 0.324 e. The maximum atomic E-state index is 11.8. The first kappa shape index (κ1) is 14.4. The first-order valence-corrected chi connectivity index (χ1v) is 6.50. The minimum absolute atomic E-state index is 0.158. The van der Waals surface area contributed by atoms with Gasteiger partial charge in [0.15, 0.2) is 0 Å². The molecule has 106 valence electrons. The molecule has 0 radical (unpaired) electrons. The van der Waals surface area contributed by atoms with Gasteiger partial charge in [0.25, 0.3) is 0 Å². The number of aromatic nitrogens is 4. The predicted molar refractivity (Wildman–Crippen MR) is 75.9 cm³/mol. The van der Waals surface area contributed by atoms with E-state index in [2.05, 4.69) is 26.2 Å². The van der Waals surface area contributed by atoms with Crippen LogP contribution < -0.4 is 10.6 Å². The van der Waals surface area contributed by atoms with Crippen LogP contribution in [0.4, 0.5) is 5.69 Å². The molecule has 0 saturated heterocycles. The van der Waals surface area contributed by atoms with E-state index in [9.17, 15) is 4.79 Å². The third-order valence-corrected chi connectivity index (χ3v) is 2.84. The molecule has 1 aromatic carbocycles. The number of rotatable bonds is 5. The number of hydrogen-bond donors (Lipinski definition) is 2. The molecule has 0 unspecified atom stereocenters. The third-order valence-electron chi connectivity index (χ3n) is 2.51. The summed E-state index contributed by atoms with van der Waals surface area (Å²) in [7, 11) is 0. The number of amides is 1. The normalized spacial score (nSPS) is 10.8. The van der Waals surface area contributed by atoms with Gasteiger partial charge in [0.05, 0.1) is 22.9 Å². The van der Waals surface area contributed by atoms with Crippen LogP contribution in [-0.2, 0) is 4.79 Å². The highest BCUT2D eigenvalue weighted by molar-refractivity contribution is 6.33. The molecule has 0 saturated carbocycles. The van der Waals surface area contributed by atoms with E-state index in [1.54, 1.807) is 18.2 Å². The van der Waals surface area contributed by atoms with Gasteiger partial charge in [-0.1, -0.05) is 25.4 Å². The molecule has 0 aliphatic heterocycles. The SMILES string of the molecule is CC(C)NCC(=O)Nc1cc(-n2cnnn2)ccc1Cl. The standard InChI is InChI=1S/C12H15ClN6O/c1-8(2)14-6-12(20)16-11-5-9(3-4-10(11)13)19-7-15-17-18-19/h3-5,7-8,14H,6H2,1-2H3,(H,16,20). The first-order valence-electron chi connectivity index (χ1n) is 6.12. The maximum Gasteiger partial charge on any atom is 0.238 e. The fraction of sp³-hybridized carbons (Fsp3) is 0.333. The average molecular weight is 295 g/mol. The van der Waals surface area contributed by atoms with Crippen molar-refractivity contribution in [2.45, 2.75) is 19.9 Å². The fourth-order valence-electron chi connectivity index (χ4n) is 1.52. The van der Waals surface area contributed by atoms with Gasteiger partial charge in [-0.05, 0) is 28.6 Å². The molecule has 8 heteroatoms. The van der Waals surface area contributed by atoms with Gasteiger partial charge in [-0.2, -0.15) is 0 Å². The molecule has 0 aliphatic carbocycles. The summed E-state index contributed by atoms with van der Waals surface area (Å²) in [5.41, 5.74) is 1.24.